The molecule has 0 bridgehead atoms. The fraction of sp³-hybridized carbons (Fsp3) is 0.467. The average Bonchev–Trinajstić information content (AvgIpc) is 2.87. The Morgan fingerprint density at radius 3 is 2.17 bits per heavy atom. The third-order valence-corrected chi connectivity index (χ3v) is 2.67. The van der Waals surface area contributed by atoms with Crippen molar-refractivity contribution in [3.05, 3.63) is 47.1 Å². The summed E-state index contributed by atoms with van der Waals surface area (Å²) in [5.74, 6) is 0. The Morgan fingerprint density at radius 2 is 1.89 bits per heavy atom. The van der Waals surface area contributed by atoms with Crippen molar-refractivity contribution in [1.29, 1.82) is 0 Å². The number of hydrogen-bond acceptors (Lipinski definition) is 0. The van der Waals surface area contributed by atoms with Crippen molar-refractivity contribution < 1.29 is 51.0 Å². The number of hydrogen-bond donors (Lipinski definition) is 0. The van der Waals surface area contributed by atoms with E-state index in [4.69, 9.17) is 0 Å². The molecule has 0 aromatic heterocycles. The molecule has 0 N–H and O–H groups in total. The van der Waals surface area contributed by atoms with Gasteiger partial charge in [-0.25, -0.2) is 17.7 Å². The normalized spacial score (nSPS) is 14.9. The number of rotatable bonds is 2. The van der Waals surface area contributed by atoms with E-state index >= 15 is 0 Å². The van der Waals surface area contributed by atoms with Crippen LogP contribution in [0.2, 0.25) is 0 Å². The van der Waals surface area contributed by atoms with Crippen LogP contribution in [0.4, 0.5) is 0 Å². The van der Waals surface area contributed by atoms with E-state index in [1.807, 2.05) is 12.2 Å². The maximum Gasteiger partial charge on any atom is 4.00 e. The van der Waals surface area contributed by atoms with Crippen LogP contribution >= 0.6 is 0 Å². The predicted molar refractivity (Wildman–Crippen MR) is 66.2 cm³/mol. The third kappa shape index (κ3) is 8.51. The first-order valence-electron chi connectivity index (χ1n) is 5.73. The summed E-state index contributed by atoms with van der Waals surface area (Å²) in [6, 6.07) is 0. The Labute approximate surface area is 144 Å². The van der Waals surface area contributed by atoms with Gasteiger partial charge in [-0.15, -0.1) is 12.8 Å². The molecule has 0 amide bonds. The van der Waals surface area contributed by atoms with Gasteiger partial charge in [-0.1, -0.05) is 33.6 Å². The summed E-state index contributed by atoms with van der Waals surface area (Å²) in [5, 5.41) is 0. The second-order valence-electron chi connectivity index (χ2n) is 3.99. The van der Waals surface area contributed by atoms with Crippen LogP contribution in [-0.2, 0) is 26.2 Å². The minimum atomic E-state index is 0. The largest absolute Gasteiger partial charge is 4.00 e. The van der Waals surface area contributed by atoms with E-state index in [1.165, 1.54) is 24.0 Å². The zero-order valence-electron chi connectivity index (χ0n) is 11.3. The molecule has 0 unspecified atom stereocenters. The van der Waals surface area contributed by atoms with Crippen molar-refractivity contribution in [2.75, 3.05) is 0 Å². The second kappa shape index (κ2) is 13.8. The van der Waals surface area contributed by atoms with Crippen LogP contribution in [0.3, 0.4) is 0 Å². The summed E-state index contributed by atoms with van der Waals surface area (Å²) >= 11 is 0. The molecule has 0 aromatic rings. The van der Waals surface area contributed by atoms with Gasteiger partial charge in [0.15, 0.2) is 0 Å². The van der Waals surface area contributed by atoms with E-state index in [-0.39, 0.29) is 51.0 Å². The van der Waals surface area contributed by atoms with Crippen LogP contribution in [0.5, 0.6) is 0 Å². The molecule has 0 radical (unpaired) electrons. The summed E-state index contributed by atoms with van der Waals surface area (Å²) in [4.78, 5) is 0. The molecule has 2 rings (SSSR count). The van der Waals surface area contributed by atoms with Gasteiger partial charge in [0, 0.05) is 0 Å². The van der Waals surface area contributed by atoms with Crippen molar-refractivity contribution in [1.82, 2.24) is 0 Å². The Hall–Kier alpha value is 0.423. The maximum absolute atomic E-state index is 3.35. The van der Waals surface area contributed by atoms with Crippen LogP contribution in [0.1, 0.15) is 46.5 Å². The maximum atomic E-state index is 3.35. The van der Waals surface area contributed by atoms with Crippen molar-refractivity contribution in [2.24, 2.45) is 0 Å². The molecule has 18 heavy (non-hydrogen) atoms. The molecule has 0 fully saturated rings. The van der Waals surface area contributed by atoms with Crippen LogP contribution in [0, 0.1) is 12.2 Å². The monoisotopic (exact) mass is 360 g/mol. The molecule has 0 saturated heterocycles. The molecule has 2 aliphatic rings. The van der Waals surface area contributed by atoms with Crippen molar-refractivity contribution in [3.63, 3.8) is 0 Å². The molecule has 0 nitrogen and oxygen atoms in total. The molecule has 0 spiro atoms. The van der Waals surface area contributed by atoms with Gasteiger partial charge in [0.1, 0.15) is 0 Å². The predicted octanol–water partition coefficient (Wildman–Crippen LogP) is -1.43. The third-order valence-electron chi connectivity index (χ3n) is 2.67. The van der Waals surface area contributed by atoms with Crippen LogP contribution in [-0.4, -0.2) is 0 Å². The molecule has 0 saturated carbocycles. The van der Waals surface area contributed by atoms with E-state index in [9.17, 15) is 0 Å². The molecule has 2 aliphatic carbocycles. The molecule has 0 heterocycles. The van der Waals surface area contributed by atoms with Gasteiger partial charge < -0.3 is 24.8 Å². The minimum Gasteiger partial charge on any atom is -1.00 e. The van der Waals surface area contributed by atoms with Gasteiger partial charge in [0.2, 0.25) is 0 Å². The zero-order chi connectivity index (χ0) is 11.1. The van der Waals surface area contributed by atoms with E-state index in [0.717, 1.165) is 12.8 Å². The first kappa shape index (κ1) is 23.5. The van der Waals surface area contributed by atoms with Gasteiger partial charge in [-0.2, -0.15) is 17.2 Å². The summed E-state index contributed by atoms with van der Waals surface area (Å²) in [6.07, 6.45) is 16.9. The van der Waals surface area contributed by atoms with Crippen LogP contribution in [0.15, 0.2) is 34.9 Å². The van der Waals surface area contributed by atoms with E-state index < -0.39 is 0 Å². The summed E-state index contributed by atoms with van der Waals surface area (Å²) in [5.41, 5.74) is 4.47. The molecule has 0 atom stereocenters. The van der Waals surface area contributed by atoms with Gasteiger partial charge >= 0.3 is 26.2 Å². The Kier molecular flexibility index (Phi) is 18.1. The second-order valence-corrected chi connectivity index (χ2v) is 3.99. The van der Waals surface area contributed by atoms with Crippen molar-refractivity contribution >= 4 is 0 Å². The van der Waals surface area contributed by atoms with Gasteiger partial charge in [0.05, 0.1) is 0 Å². The Bertz CT molecular complexity index is 315. The van der Waals surface area contributed by atoms with E-state index in [1.54, 1.807) is 5.57 Å². The minimum absolute atomic E-state index is 0. The van der Waals surface area contributed by atoms with Crippen molar-refractivity contribution in [3.8, 4) is 0 Å². The molecule has 0 aliphatic heterocycles. The molecule has 3 heteroatoms. The number of allylic oxidation sites excluding steroid dienone is 8. The molecule has 0 aromatic carbocycles. The molecular weight excluding hydrogens is 342 g/mol. The number of halogens is 2. The fourth-order valence-corrected chi connectivity index (χ4v) is 1.79. The van der Waals surface area contributed by atoms with Crippen LogP contribution < -0.4 is 24.8 Å². The van der Waals surface area contributed by atoms with Gasteiger partial charge in [0.25, 0.3) is 0 Å². The molecular formula is C15H20Cl2Zr. The topological polar surface area (TPSA) is 0 Å². The fourth-order valence-electron chi connectivity index (χ4n) is 1.79. The molecule has 98 valence electrons. The summed E-state index contributed by atoms with van der Waals surface area (Å²) in [7, 11) is 0. The standard InChI is InChI=1S/C10H15.C5H5.2ClH.Zr/c1-4-5-10-8(2)6-7-9(10)3;1-2-4-5-3-1;;;/h4-6H2,1-3H3;1-3H,4H2;2*1H;/q2*-1;;;+4/p-2. The Morgan fingerprint density at radius 1 is 1.22 bits per heavy atom. The average molecular weight is 362 g/mol. The first-order valence-corrected chi connectivity index (χ1v) is 5.73. The Balaban J connectivity index is -0.000000245. The van der Waals surface area contributed by atoms with Gasteiger partial charge in [-0.3, -0.25) is 12.2 Å². The van der Waals surface area contributed by atoms with E-state index in [0.29, 0.717) is 0 Å². The first-order chi connectivity index (χ1) is 7.25. The van der Waals surface area contributed by atoms with E-state index in [2.05, 4.69) is 39.0 Å². The zero-order valence-corrected chi connectivity index (χ0v) is 15.3. The summed E-state index contributed by atoms with van der Waals surface area (Å²) in [6.45, 7) is 6.61. The quantitative estimate of drug-likeness (QED) is 0.529. The van der Waals surface area contributed by atoms with Crippen LogP contribution in [0.25, 0.3) is 0 Å². The van der Waals surface area contributed by atoms with Crippen molar-refractivity contribution in [2.45, 2.75) is 46.5 Å². The smallest absolute Gasteiger partial charge is 1.00 e. The summed E-state index contributed by atoms with van der Waals surface area (Å²) < 4.78 is 0. The SMILES string of the molecule is CCCC1=C(C)C[C-]=C1C.[C-]1=CC=CC1.[Cl-].[Cl-].[Zr+4]. The van der Waals surface area contributed by atoms with Gasteiger partial charge in [-0.05, 0) is 0 Å².